The van der Waals surface area contributed by atoms with Gasteiger partial charge >= 0.3 is 0 Å². The van der Waals surface area contributed by atoms with Gasteiger partial charge in [-0.1, -0.05) is 23.8 Å². The molecule has 0 spiro atoms. The van der Waals surface area contributed by atoms with E-state index >= 15 is 0 Å². The number of aryl methyl sites for hydroxylation is 2. The van der Waals surface area contributed by atoms with Crippen molar-refractivity contribution < 1.29 is 17.9 Å². The third kappa shape index (κ3) is 5.38. The molecule has 3 rings (SSSR count). The van der Waals surface area contributed by atoms with Crippen LogP contribution in [0.5, 0.6) is 5.75 Å². The minimum Gasteiger partial charge on any atom is -0.492 e. The highest BCUT2D eigenvalue weighted by Gasteiger charge is 2.29. The standard InChI is InChI=1S/C22H29N3O4S/c1-17-4-8-20(9-5-17)29-15-10-23-22(26)19-7-6-18(2)21(16-19)30(27,28)25-13-11-24(3)12-14-25/h4-9,16H,10-15H2,1-3H3,(H,23,26). The van der Waals surface area contributed by atoms with E-state index < -0.39 is 10.0 Å². The number of ether oxygens (including phenoxy) is 1. The summed E-state index contributed by atoms with van der Waals surface area (Å²) in [7, 11) is -1.66. The molecule has 0 saturated carbocycles. The molecule has 1 aliphatic heterocycles. The second-order valence-corrected chi connectivity index (χ2v) is 9.51. The number of sulfonamides is 1. The van der Waals surface area contributed by atoms with E-state index in [9.17, 15) is 13.2 Å². The van der Waals surface area contributed by atoms with E-state index in [-0.39, 0.29) is 10.8 Å². The van der Waals surface area contributed by atoms with Gasteiger partial charge in [-0.15, -0.1) is 0 Å². The second kappa shape index (κ2) is 9.59. The molecule has 1 amide bonds. The molecule has 0 radical (unpaired) electrons. The summed E-state index contributed by atoms with van der Waals surface area (Å²) in [5.74, 6) is 0.420. The smallest absolute Gasteiger partial charge is 0.251 e. The first-order valence-corrected chi connectivity index (χ1v) is 11.5. The molecular formula is C22H29N3O4S. The number of amides is 1. The highest BCUT2D eigenvalue weighted by Crippen LogP contribution is 2.22. The zero-order valence-electron chi connectivity index (χ0n) is 17.7. The number of nitrogens with zero attached hydrogens (tertiary/aromatic N) is 2. The summed E-state index contributed by atoms with van der Waals surface area (Å²) >= 11 is 0. The number of rotatable bonds is 7. The molecule has 0 aromatic heterocycles. The predicted molar refractivity (Wildman–Crippen MR) is 116 cm³/mol. The number of nitrogens with one attached hydrogen (secondary N) is 1. The molecule has 1 N–H and O–H groups in total. The van der Waals surface area contributed by atoms with Crippen molar-refractivity contribution >= 4 is 15.9 Å². The molecular weight excluding hydrogens is 402 g/mol. The van der Waals surface area contributed by atoms with E-state index in [0.29, 0.717) is 50.5 Å². The van der Waals surface area contributed by atoms with Crippen molar-refractivity contribution in [1.29, 1.82) is 0 Å². The number of hydrogen-bond acceptors (Lipinski definition) is 5. The van der Waals surface area contributed by atoms with Crippen molar-refractivity contribution in [3.8, 4) is 5.75 Å². The number of carbonyl (C=O) groups excluding carboxylic acids is 1. The molecule has 0 aliphatic carbocycles. The normalized spacial score (nSPS) is 15.7. The van der Waals surface area contributed by atoms with Gasteiger partial charge in [-0.05, 0) is 50.7 Å². The van der Waals surface area contributed by atoms with E-state index in [1.54, 1.807) is 19.1 Å². The first kappa shape index (κ1) is 22.3. The van der Waals surface area contributed by atoms with Crippen molar-refractivity contribution in [3.05, 3.63) is 59.2 Å². The molecule has 0 bridgehead atoms. The van der Waals surface area contributed by atoms with E-state index in [1.807, 2.05) is 38.2 Å². The van der Waals surface area contributed by atoms with Crippen LogP contribution < -0.4 is 10.1 Å². The fourth-order valence-electron chi connectivity index (χ4n) is 3.26. The number of piperazine rings is 1. The predicted octanol–water partition coefficient (Wildman–Crippen LogP) is 2.05. The van der Waals surface area contributed by atoms with Gasteiger partial charge in [0.15, 0.2) is 0 Å². The lowest BCUT2D eigenvalue weighted by Gasteiger charge is -2.32. The Morgan fingerprint density at radius 2 is 1.70 bits per heavy atom. The minimum atomic E-state index is -3.63. The van der Waals surface area contributed by atoms with E-state index in [4.69, 9.17) is 4.74 Å². The summed E-state index contributed by atoms with van der Waals surface area (Å²) in [5, 5.41) is 2.79. The largest absolute Gasteiger partial charge is 0.492 e. The van der Waals surface area contributed by atoms with Crippen LogP contribution in [-0.2, 0) is 10.0 Å². The summed E-state index contributed by atoms with van der Waals surface area (Å²) < 4.78 is 33.3. The first-order valence-electron chi connectivity index (χ1n) is 10.0. The number of likely N-dealkylation sites (N-methyl/N-ethyl adjacent to an activating group) is 1. The maximum absolute atomic E-state index is 13.1. The maximum Gasteiger partial charge on any atom is 0.251 e. The topological polar surface area (TPSA) is 78.9 Å². The van der Waals surface area contributed by atoms with Gasteiger partial charge in [0.25, 0.3) is 5.91 Å². The average molecular weight is 432 g/mol. The Morgan fingerprint density at radius 1 is 1.03 bits per heavy atom. The zero-order valence-corrected chi connectivity index (χ0v) is 18.5. The van der Waals surface area contributed by atoms with Crippen LogP contribution in [0.15, 0.2) is 47.4 Å². The monoisotopic (exact) mass is 431 g/mol. The lowest BCUT2D eigenvalue weighted by molar-refractivity contribution is 0.0946. The lowest BCUT2D eigenvalue weighted by atomic mass is 10.1. The highest BCUT2D eigenvalue weighted by molar-refractivity contribution is 7.89. The van der Waals surface area contributed by atoms with Crippen LogP contribution in [0.2, 0.25) is 0 Å². The quantitative estimate of drug-likeness (QED) is 0.679. The van der Waals surface area contributed by atoms with Gasteiger partial charge in [0.05, 0.1) is 11.4 Å². The third-order valence-corrected chi connectivity index (χ3v) is 7.25. The molecule has 1 heterocycles. The summed E-state index contributed by atoms with van der Waals surface area (Å²) in [5.41, 5.74) is 2.11. The van der Waals surface area contributed by atoms with Gasteiger partial charge in [-0.25, -0.2) is 8.42 Å². The van der Waals surface area contributed by atoms with Crippen LogP contribution in [0.4, 0.5) is 0 Å². The molecule has 1 saturated heterocycles. The Bertz CT molecular complexity index is 982. The summed E-state index contributed by atoms with van der Waals surface area (Å²) in [6.45, 7) is 6.69. The number of carbonyl (C=O) groups is 1. The molecule has 162 valence electrons. The third-order valence-electron chi connectivity index (χ3n) is 5.21. The van der Waals surface area contributed by atoms with Crippen molar-refractivity contribution in [1.82, 2.24) is 14.5 Å². The molecule has 1 fully saturated rings. The molecule has 2 aromatic carbocycles. The van der Waals surface area contributed by atoms with Crippen LogP contribution in [0.25, 0.3) is 0 Å². The number of benzene rings is 2. The van der Waals surface area contributed by atoms with Gasteiger partial charge in [-0.3, -0.25) is 4.79 Å². The van der Waals surface area contributed by atoms with Gasteiger partial charge in [0.2, 0.25) is 10.0 Å². The molecule has 0 atom stereocenters. The van der Waals surface area contributed by atoms with E-state index in [2.05, 4.69) is 10.2 Å². The zero-order chi connectivity index (χ0) is 21.7. The fraction of sp³-hybridized carbons (Fsp3) is 0.409. The van der Waals surface area contributed by atoms with Crippen LogP contribution in [0, 0.1) is 13.8 Å². The van der Waals surface area contributed by atoms with Crippen molar-refractivity contribution in [3.63, 3.8) is 0 Å². The Kier molecular flexibility index (Phi) is 7.12. The Labute approximate surface area is 178 Å². The van der Waals surface area contributed by atoms with Crippen LogP contribution in [0.3, 0.4) is 0 Å². The van der Waals surface area contributed by atoms with Crippen molar-refractivity contribution in [2.75, 3.05) is 46.4 Å². The highest BCUT2D eigenvalue weighted by atomic mass is 32.2. The summed E-state index contributed by atoms with van der Waals surface area (Å²) in [6, 6.07) is 12.5. The Morgan fingerprint density at radius 3 is 2.37 bits per heavy atom. The van der Waals surface area contributed by atoms with Crippen molar-refractivity contribution in [2.24, 2.45) is 0 Å². The summed E-state index contributed by atoms with van der Waals surface area (Å²) in [4.78, 5) is 14.8. The van der Waals surface area contributed by atoms with Crippen LogP contribution in [0.1, 0.15) is 21.5 Å². The van der Waals surface area contributed by atoms with E-state index in [1.165, 1.54) is 10.4 Å². The maximum atomic E-state index is 13.1. The first-order chi connectivity index (χ1) is 14.3. The Hall–Kier alpha value is -2.42. The van der Waals surface area contributed by atoms with Crippen molar-refractivity contribution in [2.45, 2.75) is 18.7 Å². The van der Waals surface area contributed by atoms with Gasteiger partial charge < -0.3 is 15.0 Å². The molecule has 1 aliphatic rings. The number of hydrogen-bond donors (Lipinski definition) is 1. The second-order valence-electron chi connectivity index (χ2n) is 7.61. The SMILES string of the molecule is Cc1ccc(OCCNC(=O)c2ccc(C)c(S(=O)(=O)N3CCN(C)CC3)c2)cc1. The lowest BCUT2D eigenvalue weighted by Crippen LogP contribution is -2.47. The molecule has 30 heavy (non-hydrogen) atoms. The molecule has 7 nitrogen and oxygen atoms in total. The van der Waals surface area contributed by atoms with Gasteiger partial charge in [0, 0.05) is 31.7 Å². The van der Waals surface area contributed by atoms with E-state index in [0.717, 1.165) is 11.3 Å². The van der Waals surface area contributed by atoms with Gasteiger partial charge in [0.1, 0.15) is 12.4 Å². The average Bonchev–Trinajstić information content (AvgIpc) is 2.73. The minimum absolute atomic E-state index is 0.190. The molecule has 0 unspecified atom stereocenters. The van der Waals surface area contributed by atoms with Crippen LogP contribution in [-0.4, -0.2) is 69.9 Å². The Balaban J connectivity index is 1.62. The fourth-order valence-corrected chi connectivity index (χ4v) is 4.93. The molecule has 8 heteroatoms. The van der Waals surface area contributed by atoms with Crippen LogP contribution >= 0.6 is 0 Å². The molecule has 2 aromatic rings. The van der Waals surface area contributed by atoms with Gasteiger partial charge in [-0.2, -0.15) is 4.31 Å². The summed E-state index contributed by atoms with van der Waals surface area (Å²) in [6.07, 6.45) is 0.